The molecule has 0 bridgehead atoms. The highest BCUT2D eigenvalue weighted by atomic mass is 19.1. The van der Waals surface area contributed by atoms with Crippen LogP contribution in [0.1, 0.15) is 47.5 Å². The van der Waals surface area contributed by atoms with Gasteiger partial charge in [0.1, 0.15) is 17.2 Å². The summed E-state index contributed by atoms with van der Waals surface area (Å²) in [7, 11) is 1.88. The summed E-state index contributed by atoms with van der Waals surface area (Å²) < 4.78 is 36.1. The molecule has 4 aromatic rings. The van der Waals surface area contributed by atoms with Gasteiger partial charge in [0.05, 0.1) is 23.7 Å². The molecule has 0 radical (unpaired) electrons. The molecule has 6 nitrogen and oxygen atoms in total. The van der Waals surface area contributed by atoms with Crippen LogP contribution in [0.25, 0.3) is 22.3 Å². The van der Waals surface area contributed by atoms with Crippen molar-refractivity contribution >= 4 is 11.2 Å². The molecule has 3 aromatic heterocycles. The molecule has 164 valence electrons. The number of rotatable bonds is 3. The van der Waals surface area contributed by atoms with Gasteiger partial charge >= 0.3 is 0 Å². The zero-order valence-electron chi connectivity index (χ0n) is 18.1. The molecule has 5 rings (SSSR count). The Balaban J connectivity index is 1.62. The van der Waals surface area contributed by atoms with Crippen molar-refractivity contribution in [3.8, 4) is 11.1 Å². The first-order valence-electron chi connectivity index (χ1n) is 10.6. The number of nitrogens with zero attached hydrogens (tertiary/aromatic N) is 5. The molecular weight excluding hydrogens is 412 g/mol. The fourth-order valence-corrected chi connectivity index (χ4v) is 4.25. The molecule has 0 saturated carbocycles. The second-order valence-corrected chi connectivity index (χ2v) is 8.31. The van der Waals surface area contributed by atoms with E-state index in [0.29, 0.717) is 23.3 Å². The van der Waals surface area contributed by atoms with Gasteiger partial charge in [0.2, 0.25) is 0 Å². The van der Waals surface area contributed by atoms with Gasteiger partial charge in [0.15, 0.2) is 5.65 Å². The number of ether oxygens (including phenoxy) is 1. The second kappa shape index (κ2) is 8.02. The van der Waals surface area contributed by atoms with Gasteiger partial charge in [0.25, 0.3) is 0 Å². The number of fused-ring (bicyclic) bond motifs is 1. The van der Waals surface area contributed by atoms with Crippen molar-refractivity contribution in [1.29, 1.82) is 0 Å². The third kappa shape index (κ3) is 3.75. The lowest BCUT2D eigenvalue weighted by Crippen LogP contribution is -2.19. The molecule has 1 aliphatic heterocycles. The Morgan fingerprint density at radius 3 is 2.59 bits per heavy atom. The van der Waals surface area contributed by atoms with E-state index in [2.05, 4.69) is 15.1 Å². The van der Waals surface area contributed by atoms with E-state index in [-0.39, 0.29) is 17.6 Å². The van der Waals surface area contributed by atoms with Crippen LogP contribution >= 0.6 is 0 Å². The Kier molecular flexibility index (Phi) is 5.17. The summed E-state index contributed by atoms with van der Waals surface area (Å²) in [4.78, 5) is 14.1. The predicted octanol–water partition coefficient (Wildman–Crippen LogP) is 4.96. The Morgan fingerprint density at radius 2 is 1.84 bits per heavy atom. The summed E-state index contributed by atoms with van der Waals surface area (Å²) in [5.74, 6) is -1.15. The van der Waals surface area contributed by atoms with Gasteiger partial charge in [-0.1, -0.05) is 0 Å². The molecule has 0 amide bonds. The molecule has 0 N–H and O–H groups in total. The van der Waals surface area contributed by atoms with E-state index in [0.717, 1.165) is 41.6 Å². The zero-order chi connectivity index (χ0) is 22.4. The van der Waals surface area contributed by atoms with Crippen LogP contribution in [-0.4, -0.2) is 31.3 Å². The molecule has 1 aromatic carbocycles. The molecule has 1 fully saturated rings. The summed E-state index contributed by atoms with van der Waals surface area (Å²) in [6, 6.07) is 5.47. The van der Waals surface area contributed by atoms with Gasteiger partial charge < -0.3 is 4.74 Å². The van der Waals surface area contributed by atoms with E-state index in [4.69, 9.17) is 9.72 Å². The van der Waals surface area contributed by atoms with Gasteiger partial charge in [-0.25, -0.2) is 23.7 Å². The van der Waals surface area contributed by atoms with Crippen molar-refractivity contribution in [1.82, 2.24) is 24.7 Å². The quantitative estimate of drug-likeness (QED) is 0.455. The average molecular weight is 435 g/mol. The van der Waals surface area contributed by atoms with Crippen LogP contribution in [0.2, 0.25) is 0 Å². The molecule has 0 spiro atoms. The summed E-state index contributed by atoms with van der Waals surface area (Å²) in [6.45, 7) is 4.32. The highest BCUT2D eigenvalue weighted by Crippen LogP contribution is 2.39. The normalized spacial score (nSPS) is 18.9. The molecule has 4 heterocycles. The van der Waals surface area contributed by atoms with Gasteiger partial charge in [-0.3, -0.25) is 4.68 Å². The van der Waals surface area contributed by atoms with Crippen LogP contribution < -0.4 is 0 Å². The van der Waals surface area contributed by atoms with E-state index in [1.54, 1.807) is 4.68 Å². The van der Waals surface area contributed by atoms with Gasteiger partial charge in [0, 0.05) is 54.2 Å². The van der Waals surface area contributed by atoms with E-state index in [1.165, 1.54) is 12.1 Å². The predicted molar refractivity (Wildman–Crippen MR) is 116 cm³/mol. The minimum absolute atomic E-state index is 0.0863. The first kappa shape index (κ1) is 20.6. The molecule has 0 aliphatic carbocycles. The van der Waals surface area contributed by atoms with Crippen molar-refractivity contribution in [2.24, 2.45) is 7.05 Å². The van der Waals surface area contributed by atoms with Gasteiger partial charge in [-0.15, -0.1) is 0 Å². The second-order valence-electron chi connectivity index (χ2n) is 8.31. The van der Waals surface area contributed by atoms with Crippen molar-refractivity contribution < 1.29 is 13.5 Å². The monoisotopic (exact) mass is 435 g/mol. The molecule has 0 unspecified atom stereocenters. The maximum absolute atomic E-state index is 14.8. The van der Waals surface area contributed by atoms with Gasteiger partial charge in [-0.05, 0) is 44.9 Å². The number of benzene rings is 1. The largest absolute Gasteiger partial charge is 0.373 e. The van der Waals surface area contributed by atoms with Crippen molar-refractivity contribution in [2.75, 3.05) is 6.61 Å². The van der Waals surface area contributed by atoms with E-state index in [9.17, 15) is 8.78 Å². The third-order valence-corrected chi connectivity index (χ3v) is 6.09. The Labute approximate surface area is 184 Å². The Hall–Kier alpha value is -3.26. The fraction of sp³-hybridized carbons (Fsp3) is 0.333. The van der Waals surface area contributed by atoms with Crippen molar-refractivity contribution in [2.45, 2.75) is 38.7 Å². The lowest BCUT2D eigenvalue weighted by Gasteiger charge is -2.29. The van der Waals surface area contributed by atoms with Crippen LogP contribution in [0, 0.1) is 25.5 Å². The molecular formula is C24H23F2N5O. The number of aryl methyl sites for hydroxylation is 3. The van der Waals surface area contributed by atoms with E-state index in [1.807, 2.05) is 39.4 Å². The van der Waals surface area contributed by atoms with E-state index >= 15 is 0 Å². The zero-order valence-corrected chi connectivity index (χ0v) is 18.1. The number of hydrogen-bond donors (Lipinski definition) is 0. The number of hydrogen-bond acceptors (Lipinski definition) is 5. The smallest absolute Gasteiger partial charge is 0.179 e. The molecule has 2 atom stereocenters. The fourth-order valence-electron chi connectivity index (χ4n) is 4.25. The maximum Gasteiger partial charge on any atom is 0.179 e. The molecule has 1 aliphatic rings. The SMILES string of the molecule is Cc1nc2nc([C@H]3CCO[C@@H](c4cnn(C)c4)C3)cc(-c3ccc(F)cc3F)c2nc1C. The molecule has 8 heteroatoms. The molecule has 32 heavy (non-hydrogen) atoms. The van der Waals surface area contributed by atoms with Crippen LogP contribution in [0.3, 0.4) is 0 Å². The number of halogens is 2. The van der Waals surface area contributed by atoms with Crippen LogP contribution in [0.5, 0.6) is 0 Å². The summed E-state index contributed by atoms with van der Waals surface area (Å²) in [6.07, 6.45) is 5.21. The first-order valence-corrected chi connectivity index (χ1v) is 10.6. The standard InChI is InChI=1S/C24H23F2N5O/c1-13-14(2)29-24-23(28-13)19(18-5-4-17(25)9-20(18)26)10-21(30-24)15-6-7-32-22(8-15)16-11-27-31(3)12-16/h4-5,9-12,15,22H,6-8H2,1-3H3/t15-,22+/m0/s1. The number of aromatic nitrogens is 5. The summed E-state index contributed by atoms with van der Waals surface area (Å²) in [5, 5.41) is 4.25. The lowest BCUT2D eigenvalue weighted by atomic mass is 9.88. The highest BCUT2D eigenvalue weighted by Gasteiger charge is 2.28. The average Bonchev–Trinajstić information content (AvgIpc) is 3.21. The summed E-state index contributed by atoms with van der Waals surface area (Å²) in [5.41, 5.74) is 5.19. The van der Waals surface area contributed by atoms with Crippen LogP contribution in [-0.2, 0) is 11.8 Å². The topological polar surface area (TPSA) is 65.7 Å². The lowest BCUT2D eigenvalue weighted by molar-refractivity contribution is 0.00465. The minimum atomic E-state index is -0.635. The Morgan fingerprint density at radius 1 is 1.03 bits per heavy atom. The Bertz CT molecular complexity index is 1320. The summed E-state index contributed by atoms with van der Waals surface area (Å²) >= 11 is 0. The minimum Gasteiger partial charge on any atom is -0.373 e. The number of pyridine rings is 1. The van der Waals surface area contributed by atoms with Crippen LogP contribution in [0.4, 0.5) is 8.78 Å². The third-order valence-electron chi connectivity index (χ3n) is 6.09. The first-order chi connectivity index (χ1) is 15.4. The molecule has 1 saturated heterocycles. The van der Waals surface area contributed by atoms with Crippen molar-refractivity contribution in [3.63, 3.8) is 0 Å². The van der Waals surface area contributed by atoms with Gasteiger partial charge in [-0.2, -0.15) is 5.10 Å². The van der Waals surface area contributed by atoms with Crippen LogP contribution in [0.15, 0.2) is 36.7 Å². The van der Waals surface area contributed by atoms with E-state index < -0.39 is 11.6 Å². The maximum atomic E-state index is 14.8. The van der Waals surface area contributed by atoms with Crippen molar-refractivity contribution in [3.05, 3.63) is 70.9 Å². The highest BCUT2D eigenvalue weighted by molar-refractivity contribution is 5.90.